The molecule has 2 N–H and O–H groups in total. The van der Waals surface area contributed by atoms with E-state index in [9.17, 15) is 0 Å². The predicted octanol–water partition coefficient (Wildman–Crippen LogP) is 0.892. The van der Waals surface area contributed by atoms with Crippen molar-refractivity contribution in [1.29, 1.82) is 0 Å². The van der Waals surface area contributed by atoms with Gasteiger partial charge in [0.2, 0.25) is 0 Å². The summed E-state index contributed by atoms with van der Waals surface area (Å²) < 4.78 is 5.07. The van der Waals surface area contributed by atoms with Crippen molar-refractivity contribution in [1.82, 2.24) is 0 Å². The van der Waals surface area contributed by atoms with Crippen LogP contribution in [0.15, 0.2) is 0 Å². The molecule has 0 amide bonds. The van der Waals surface area contributed by atoms with Gasteiger partial charge in [-0.15, -0.1) is 12.4 Å². The second kappa shape index (κ2) is 1.59. The number of nitrogens with two attached hydrogens (primary N) is 1. The number of ether oxygens (including phenoxy) is 1. The Hall–Kier alpha value is 0.210. The Bertz CT molecular complexity index is 88.6. The van der Waals surface area contributed by atoms with Crippen LogP contribution in [-0.4, -0.2) is 11.3 Å². The van der Waals surface area contributed by atoms with Crippen LogP contribution in [0.25, 0.3) is 0 Å². The summed E-state index contributed by atoms with van der Waals surface area (Å²) in [5, 5.41) is 0. The zero-order chi connectivity index (χ0) is 5.71. The van der Waals surface area contributed by atoms with Crippen LogP contribution in [0.2, 0.25) is 0 Å². The molecule has 1 aliphatic rings. The molecule has 1 heterocycles. The lowest BCUT2D eigenvalue weighted by Gasteiger charge is -1.95. The Morgan fingerprint density at radius 2 is 1.38 bits per heavy atom. The standard InChI is InChI=1S/C5H11NO.ClH/c1-4(2)5(3,6)7-4;/h6H2,1-3H3;1H. The van der Waals surface area contributed by atoms with Crippen molar-refractivity contribution in [2.45, 2.75) is 32.1 Å². The Labute approximate surface area is 55.8 Å². The molecule has 0 bridgehead atoms. The van der Waals surface area contributed by atoms with Crippen molar-refractivity contribution in [2.75, 3.05) is 0 Å². The van der Waals surface area contributed by atoms with E-state index in [1.165, 1.54) is 0 Å². The molecule has 50 valence electrons. The maximum Gasteiger partial charge on any atom is 0.143 e. The molecule has 1 atom stereocenters. The smallest absolute Gasteiger partial charge is 0.143 e. The molecule has 0 saturated carbocycles. The normalized spacial score (nSPS) is 40.5. The molecule has 1 saturated heterocycles. The van der Waals surface area contributed by atoms with E-state index in [1.807, 2.05) is 20.8 Å². The fourth-order valence-electron chi connectivity index (χ4n) is 0.505. The summed E-state index contributed by atoms with van der Waals surface area (Å²) in [5.74, 6) is 0. The molecule has 0 aromatic carbocycles. The van der Waals surface area contributed by atoms with Gasteiger partial charge in [-0.05, 0) is 20.8 Å². The van der Waals surface area contributed by atoms with E-state index in [0.717, 1.165) is 0 Å². The maximum absolute atomic E-state index is 5.52. The zero-order valence-electron chi connectivity index (χ0n) is 5.39. The van der Waals surface area contributed by atoms with Crippen LogP contribution < -0.4 is 5.73 Å². The van der Waals surface area contributed by atoms with E-state index in [1.54, 1.807) is 0 Å². The number of rotatable bonds is 0. The first-order chi connectivity index (χ1) is 2.96. The summed E-state index contributed by atoms with van der Waals surface area (Å²) >= 11 is 0. The summed E-state index contributed by atoms with van der Waals surface area (Å²) in [6.07, 6.45) is 0. The van der Waals surface area contributed by atoms with Gasteiger partial charge in [-0.3, -0.25) is 0 Å². The topological polar surface area (TPSA) is 38.5 Å². The molecule has 1 unspecified atom stereocenters. The molecule has 0 radical (unpaired) electrons. The van der Waals surface area contributed by atoms with Crippen molar-refractivity contribution in [3.63, 3.8) is 0 Å². The highest BCUT2D eigenvalue weighted by molar-refractivity contribution is 5.85. The molecule has 1 fully saturated rings. The van der Waals surface area contributed by atoms with Crippen LogP contribution in [0.4, 0.5) is 0 Å². The summed E-state index contributed by atoms with van der Waals surface area (Å²) in [4.78, 5) is 0. The highest BCUT2D eigenvalue weighted by Gasteiger charge is 2.57. The van der Waals surface area contributed by atoms with Gasteiger partial charge in [0.15, 0.2) is 0 Å². The molecule has 2 nitrogen and oxygen atoms in total. The molecule has 0 aromatic rings. The van der Waals surface area contributed by atoms with Crippen molar-refractivity contribution in [3.8, 4) is 0 Å². The molecular weight excluding hydrogens is 126 g/mol. The van der Waals surface area contributed by atoms with E-state index < -0.39 is 0 Å². The average molecular weight is 138 g/mol. The Morgan fingerprint density at radius 3 is 1.38 bits per heavy atom. The van der Waals surface area contributed by atoms with Gasteiger partial charge >= 0.3 is 0 Å². The lowest BCUT2D eigenvalue weighted by Crippen LogP contribution is -2.26. The molecule has 0 aromatic heterocycles. The highest BCUT2D eigenvalue weighted by Crippen LogP contribution is 2.41. The van der Waals surface area contributed by atoms with Crippen LogP contribution in [0.5, 0.6) is 0 Å². The molecule has 0 aliphatic carbocycles. The minimum absolute atomic E-state index is 0. The SMILES string of the molecule is CC1(C)OC1(C)N.Cl. The number of hydrogen-bond acceptors (Lipinski definition) is 2. The molecule has 8 heavy (non-hydrogen) atoms. The molecule has 3 heteroatoms. The van der Waals surface area contributed by atoms with E-state index in [2.05, 4.69) is 0 Å². The third-order valence-corrected chi connectivity index (χ3v) is 1.62. The maximum atomic E-state index is 5.52. The van der Waals surface area contributed by atoms with E-state index in [0.29, 0.717) is 0 Å². The minimum atomic E-state index is -0.354. The summed E-state index contributed by atoms with van der Waals surface area (Å²) in [5.41, 5.74) is 5.09. The van der Waals surface area contributed by atoms with Gasteiger partial charge in [-0.1, -0.05) is 0 Å². The molecule has 0 spiro atoms. The fraction of sp³-hybridized carbons (Fsp3) is 1.00. The monoisotopic (exact) mass is 137 g/mol. The highest BCUT2D eigenvalue weighted by atomic mass is 35.5. The minimum Gasteiger partial charge on any atom is -0.348 e. The number of epoxide rings is 1. The van der Waals surface area contributed by atoms with Gasteiger partial charge in [-0.25, -0.2) is 0 Å². The van der Waals surface area contributed by atoms with Crippen LogP contribution in [0.3, 0.4) is 0 Å². The summed E-state index contributed by atoms with van der Waals surface area (Å²) in [7, 11) is 0. The second-order valence-electron chi connectivity index (χ2n) is 2.72. The van der Waals surface area contributed by atoms with Gasteiger partial charge in [-0.2, -0.15) is 0 Å². The van der Waals surface area contributed by atoms with Crippen molar-refractivity contribution in [3.05, 3.63) is 0 Å². The summed E-state index contributed by atoms with van der Waals surface area (Å²) in [6, 6.07) is 0. The predicted molar refractivity (Wildman–Crippen MR) is 35.0 cm³/mol. The first-order valence-electron chi connectivity index (χ1n) is 2.45. The molecule has 1 aliphatic heterocycles. The van der Waals surface area contributed by atoms with E-state index in [4.69, 9.17) is 10.5 Å². The lowest BCUT2D eigenvalue weighted by molar-refractivity contribution is 0.289. The Morgan fingerprint density at radius 1 is 1.25 bits per heavy atom. The van der Waals surface area contributed by atoms with Gasteiger partial charge in [0, 0.05) is 0 Å². The van der Waals surface area contributed by atoms with E-state index in [-0.39, 0.29) is 23.7 Å². The van der Waals surface area contributed by atoms with Gasteiger partial charge in [0.25, 0.3) is 0 Å². The van der Waals surface area contributed by atoms with E-state index >= 15 is 0 Å². The Balaban J connectivity index is 0.000000490. The van der Waals surface area contributed by atoms with Crippen molar-refractivity contribution >= 4 is 12.4 Å². The number of hydrogen-bond donors (Lipinski definition) is 1. The largest absolute Gasteiger partial charge is 0.348 e. The zero-order valence-corrected chi connectivity index (χ0v) is 6.21. The quantitative estimate of drug-likeness (QED) is 0.504. The van der Waals surface area contributed by atoms with Crippen LogP contribution in [0.1, 0.15) is 20.8 Å². The van der Waals surface area contributed by atoms with Gasteiger partial charge in [0.1, 0.15) is 11.3 Å². The average Bonchev–Trinajstić information content (AvgIpc) is 1.63. The third kappa shape index (κ3) is 0.966. The fourth-order valence-corrected chi connectivity index (χ4v) is 0.505. The van der Waals surface area contributed by atoms with Crippen LogP contribution in [0, 0.1) is 0 Å². The van der Waals surface area contributed by atoms with Crippen LogP contribution >= 0.6 is 12.4 Å². The van der Waals surface area contributed by atoms with Gasteiger partial charge in [0.05, 0.1) is 0 Å². The van der Waals surface area contributed by atoms with Crippen molar-refractivity contribution < 1.29 is 4.74 Å². The first-order valence-corrected chi connectivity index (χ1v) is 2.45. The lowest BCUT2D eigenvalue weighted by atomic mass is 10.1. The molecule has 1 rings (SSSR count). The van der Waals surface area contributed by atoms with Crippen LogP contribution in [-0.2, 0) is 4.74 Å². The van der Waals surface area contributed by atoms with Crippen molar-refractivity contribution in [2.24, 2.45) is 5.73 Å². The first kappa shape index (κ1) is 8.21. The third-order valence-electron chi connectivity index (χ3n) is 1.62. The second-order valence-corrected chi connectivity index (χ2v) is 2.72. The summed E-state index contributed by atoms with van der Waals surface area (Å²) in [6.45, 7) is 5.84. The molecular formula is C5H12ClNO. The Kier molecular flexibility index (Phi) is 1.64. The number of halogens is 1. The van der Waals surface area contributed by atoms with Gasteiger partial charge < -0.3 is 10.5 Å².